The van der Waals surface area contributed by atoms with Gasteiger partial charge in [0.15, 0.2) is 0 Å². The Balaban J connectivity index is 2.88. The largest absolute Gasteiger partial charge is 0.0841 e. The lowest BCUT2D eigenvalue weighted by Crippen LogP contribution is -1.95. The van der Waals surface area contributed by atoms with E-state index in [1.54, 1.807) is 0 Å². The smallest absolute Gasteiger partial charge is 0.0242 e. The summed E-state index contributed by atoms with van der Waals surface area (Å²) >= 11 is 0. The molecule has 0 N–H and O–H groups in total. The van der Waals surface area contributed by atoms with Crippen molar-refractivity contribution in [3.05, 3.63) is 34.9 Å². The topological polar surface area (TPSA) is 0 Å². The Bertz CT molecular complexity index is 239. The molecule has 0 nitrogen and oxygen atoms in total. The highest BCUT2D eigenvalue weighted by Crippen LogP contribution is 2.26. The van der Waals surface area contributed by atoms with E-state index in [-0.39, 0.29) is 0 Å². The van der Waals surface area contributed by atoms with E-state index in [1.807, 2.05) is 0 Å². The van der Waals surface area contributed by atoms with Crippen LogP contribution in [0, 0.1) is 0 Å². The van der Waals surface area contributed by atoms with Gasteiger partial charge in [0.2, 0.25) is 0 Å². The van der Waals surface area contributed by atoms with Crippen LogP contribution < -0.4 is 0 Å². The van der Waals surface area contributed by atoms with Crippen LogP contribution in [0.4, 0.5) is 0 Å². The van der Waals surface area contributed by atoms with Gasteiger partial charge in [0.05, 0.1) is 0 Å². The number of hydrogen-bond donors (Lipinski definition) is 0. The van der Waals surface area contributed by atoms with Crippen molar-refractivity contribution in [2.75, 3.05) is 0 Å². The molecule has 0 amide bonds. The summed E-state index contributed by atoms with van der Waals surface area (Å²) < 4.78 is 0. The summed E-state index contributed by atoms with van der Waals surface area (Å²) in [7, 11) is 0. The van der Waals surface area contributed by atoms with E-state index in [0.29, 0.717) is 0 Å². The third-order valence-electron chi connectivity index (χ3n) is 2.49. The maximum absolute atomic E-state index is 2.38. The first-order valence-corrected chi connectivity index (χ1v) is 4.82. The molecule has 66 valence electrons. The minimum atomic E-state index is 1.16. The van der Waals surface area contributed by atoms with Gasteiger partial charge in [-0.15, -0.1) is 0 Å². The van der Waals surface area contributed by atoms with Crippen LogP contribution >= 0.6 is 0 Å². The lowest BCUT2D eigenvalue weighted by molar-refractivity contribution is 0.955. The summed E-state index contributed by atoms with van der Waals surface area (Å²) in [6, 6.07) is 0. The molecule has 0 unspecified atom stereocenters. The average Bonchev–Trinajstić information content (AvgIpc) is 2.16. The van der Waals surface area contributed by atoms with Gasteiger partial charge < -0.3 is 0 Å². The molecular formula is C12H18. The molecule has 0 heterocycles. The SMILES string of the molecule is C/C=C(/C)C1=CCCC=C1CC. The van der Waals surface area contributed by atoms with Crippen molar-refractivity contribution in [2.45, 2.75) is 40.0 Å². The predicted molar refractivity (Wildman–Crippen MR) is 55.1 cm³/mol. The van der Waals surface area contributed by atoms with Gasteiger partial charge in [-0.3, -0.25) is 0 Å². The number of hydrogen-bond acceptors (Lipinski definition) is 0. The van der Waals surface area contributed by atoms with Gasteiger partial charge in [-0.25, -0.2) is 0 Å². The molecule has 0 fully saturated rings. The van der Waals surface area contributed by atoms with E-state index in [1.165, 1.54) is 29.6 Å². The van der Waals surface area contributed by atoms with Gasteiger partial charge >= 0.3 is 0 Å². The molecule has 0 saturated carbocycles. The van der Waals surface area contributed by atoms with E-state index >= 15 is 0 Å². The lowest BCUT2D eigenvalue weighted by atomic mass is 9.91. The fraction of sp³-hybridized carbons (Fsp3) is 0.500. The maximum Gasteiger partial charge on any atom is -0.0242 e. The van der Waals surface area contributed by atoms with Crippen molar-refractivity contribution in [1.29, 1.82) is 0 Å². The molecule has 12 heavy (non-hydrogen) atoms. The first kappa shape index (κ1) is 9.31. The predicted octanol–water partition coefficient (Wildman–Crippen LogP) is 4.01. The molecule has 0 aromatic rings. The molecule has 0 heteroatoms. The Labute approximate surface area is 75.7 Å². The summed E-state index contributed by atoms with van der Waals surface area (Å²) in [6.07, 6.45) is 10.5. The Kier molecular flexibility index (Phi) is 3.33. The fourth-order valence-corrected chi connectivity index (χ4v) is 1.63. The van der Waals surface area contributed by atoms with Crippen molar-refractivity contribution < 1.29 is 0 Å². The van der Waals surface area contributed by atoms with Crippen molar-refractivity contribution >= 4 is 0 Å². The monoisotopic (exact) mass is 162 g/mol. The maximum atomic E-state index is 2.38. The van der Waals surface area contributed by atoms with E-state index in [4.69, 9.17) is 0 Å². The molecule has 0 radical (unpaired) electrons. The first-order valence-electron chi connectivity index (χ1n) is 4.82. The Morgan fingerprint density at radius 1 is 1.42 bits per heavy atom. The zero-order valence-corrected chi connectivity index (χ0v) is 8.35. The second-order valence-corrected chi connectivity index (χ2v) is 3.25. The third-order valence-corrected chi connectivity index (χ3v) is 2.49. The Morgan fingerprint density at radius 2 is 2.08 bits per heavy atom. The highest BCUT2D eigenvalue weighted by molar-refractivity contribution is 5.46. The summed E-state index contributed by atoms with van der Waals surface area (Å²) in [5, 5.41) is 0. The summed E-state index contributed by atoms with van der Waals surface area (Å²) in [4.78, 5) is 0. The van der Waals surface area contributed by atoms with Gasteiger partial charge in [0, 0.05) is 0 Å². The van der Waals surface area contributed by atoms with Gasteiger partial charge in [-0.2, -0.15) is 0 Å². The minimum Gasteiger partial charge on any atom is -0.0841 e. The molecular weight excluding hydrogens is 144 g/mol. The quantitative estimate of drug-likeness (QED) is 0.575. The molecule has 0 saturated heterocycles. The highest BCUT2D eigenvalue weighted by atomic mass is 14.1. The minimum absolute atomic E-state index is 1.16. The normalized spacial score (nSPS) is 18.8. The zero-order valence-electron chi connectivity index (χ0n) is 8.35. The number of allylic oxidation sites excluding steroid dienone is 6. The first-order chi connectivity index (χ1) is 5.79. The summed E-state index contributed by atoms with van der Waals surface area (Å²) in [5.41, 5.74) is 4.42. The lowest BCUT2D eigenvalue weighted by Gasteiger charge is -2.15. The van der Waals surface area contributed by atoms with Crippen LogP contribution in [0.2, 0.25) is 0 Å². The van der Waals surface area contributed by atoms with Gasteiger partial charge in [-0.05, 0) is 49.8 Å². The molecule has 0 aliphatic heterocycles. The molecule has 1 aliphatic carbocycles. The second-order valence-electron chi connectivity index (χ2n) is 3.25. The summed E-state index contributed by atoms with van der Waals surface area (Å²) in [5.74, 6) is 0. The molecule has 1 aliphatic rings. The standard InChI is InChI=1S/C12H18/c1-4-10(3)12-9-7-6-8-11(12)5-2/h4,8-9H,5-7H2,1-3H3/b10-4-. The summed E-state index contributed by atoms with van der Waals surface area (Å²) in [6.45, 7) is 6.53. The van der Waals surface area contributed by atoms with E-state index in [2.05, 4.69) is 39.0 Å². The Hall–Kier alpha value is -0.780. The molecule has 0 aromatic carbocycles. The van der Waals surface area contributed by atoms with E-state index in [9.17, 15) is 0 Å². The third kappa shape index (κ3) is 1.88. The number of rotatable bonds is 2. The molecule has 1 rings (SSSR count). The second kappa shape index (κ2) is 4.30. The van der Waals surface area contributed by atoms with Gasteiger partial charge in [0.25, 0.3) is 0 Å². The average molecular weight is 162 g/mol. The van der Waals surface area contributed by atoms with Crippen molar-refractivity contribution in [2.24, 2.45) is 0 Å². The van der Waals surface area contributed by atoms with Crippen LogP contribution in [0.5, 0.6) is 0 Å². The van der Waals surface area contributed by atoms with Crippen LogP contribution in [0.15, 0.2) is 34.9 Å². The van der Waals surface area contributed by atoms with Crippen LogP contribution in [-0.4, -0.2) is 0 Å². The van der Waals surface area contributed by atoms with Crippen molar-refractivity contribution in [3.63, 3.8) is 0 Å². The molecule has 0 aromatic heterocycles. The van der Waals surface area contributed by atoms with Gasteiger partial charge in [0.1, 0.15) is 0 Å². The molecule has 0 atom stereocenters. The molecule has 0 spiro atoms. The van der Waals surface area contributed by atoms with Crippen LogP contribution in [-0.2, 0) is 0 Å². The van der Waals surface area contributed by atoms with Crippen LogP contribution in [0.25, 0.3) is 0 Å². The van der Waals surface area contributed by atoms with Crippen LogP contribution in [0.1, 0.15) is 40.0 Å². The highest BCUT2D eigenvalue weighted by Gasteiger charge is 2.07. The van der Waals surface area contributed by atoms with Crippen LogP contribution in [0.3, 0.4) is 0 Å². The molecule has 0 bridgehead atoms. The fourth-order valence-electron chi connectivity index (χ4n) is 1.63. The van der Waals surface area contributed by atoms with E-state index in [0.717, 1.165) is 6.42 Å². The van der Waals surface area contributed by atoms with E-state index < -0.39 is 0 Å². The Morgan fingerprint density at radius 3 is 2.67 bits per heavy atom. The zero-order chi connectivity index (χ0) is 8.97. The van der Waals surface area contributed by atoms with Gasteiger partial charge in [-0.1, -0.05) is 25.2 Å². The van der Waals surface area contributed by atoms with Crippen molar-refractivity contribution in [3.8, 4) is 0 Å². The van der Waals surface area contributed by atoms with Crippen molar-refractivity contribution in [1.82, 2.24) is 0 Å².